The Balaban J connectivity index is 1.11. The van der Waals surface area contributed by atoms with Gasteiger partial charge in [0.2, 0.25) is 11.8 Å². The summed E-state index contributed by atoms with van der Waals surface area (Å²) in [4.78, 5) is 47.7. The summed E-state index contributed by atoms with van der Waals surface area (Å²) in [6, 6.07) is 10.3. The zero-order valence-electron chi connectivity index (χ0n) is 21.9. The van der Waals surface area contributed by atoms with Crippen molar-refractivity contribution in [2.24, 2.45) is 0 Å². The summed E-state index contributed by atoms with van der Waals surface area (Å²) in [6.45, 7) is 1.35. The molecule has 41 heavy (non-hydrogen) atoms. The number of anilines is 2. The van der Waals surface area contributed by atoms with Crippen LogP contribution in [0, 0.1) is 5.82 Å². The van der Waals surface area contributed by atoms with Gasteiger partial charge in [-0.15, -0.1) is 11.3 Å². The van der Waals surface area contributed by atoms with Gasteiger partial charge in [0, 0.05) is 48.9 Å². The molecule has 216 valence electrons. The third kappa shape index (κ3) is 7.20. The minimum atomic E-state index is -4.42. The number of halogens is 4. The summed E-state index contributed by atoms with van der Waals surface area (Å²) in [7, 11) is 0. The summed E-state index contributed by atoms with van der Waals surface area (Å²) in [5.41, 5.74) is 0.542. The molecule has 1 aromatic heterocycles. The van der Waals surface area contributed by atoms with Crippen LogP contribution in [0.3, 0.4) is 0 Å². The third-order valence-electron chi connectivity index (χ3n) is 6.96. The fourth-order valence-electron chi connectivity index (χ4n) is 4.63. The molecule has 1 saturated carbocycles. The predicted molar refractivity (Wildman–Crippen MR) is 145 cm³/mol. The Kier molecular flexibility index (Phi) is 8.25. The summed E-state index contributed by atoms with van der Waals surface area (Å²) < 4.78 is 52.4. The highest BCUT2D eigenvalue weighted by molar-refractivity contribution is 7.13. The maximum absolute atomic E-state index is 13.2. The van der Waals surface area contributed by atoms with E-state index in [-0.39, 0.29) is 30.8 Å². The molecule has 1 N–H and O–H groups in total. The Labute approximate surface area is 237 Å². The monoisotopic (exact) mass is 589 g/mol. The normalized spacial score (nSPS) is 15.5. The van der Waals surface area contributed by atoms with Crippen LogP contribution in [0.4, 0.5) is 28.4 Å². The number of benzene rings is 2. The van der Waals surface area contributed by atoms with Gasteiger partial charge in [-0.25, -0.2) is 9.37 Å². The van der Waals surface area contributed by atoms with E-state index in [0.717, 1.165) is 25.0 Å². The summed E-state index contributed by atoms with van der Waals surface area (Å²) in [6.07, 6.45) is -2.82. The number of piperazine rings is 1. The molecule has 2 fully saturated rings. The van der Waals surface area contributed by atoms with Gasteiger partial charge in [0.05, 0.1) is 17.7 Å². The van der Waals surface area contributed by atoms with E-state index < -0.39 is 23.5 Å². The van der Waals surface area contributed by atoms with Gasteiger partial charge in [0.1, 0.15) is 12.4 Å². The number of thiazole rings is 1. The lowest BCUT2D eigenvalue weighted by molar-refractivity contribution is -0.137. The maximum Gasteiger partial charge on any atom is 0.416 e. The molecule has 0 radical (unpaired) electrons. The zero-order chi connectivity index (χ0) is 29.1. The quantitative estimate of drug-likeness (QED) is 0.393. The van der Waals surface area contributed by atoms with Gasteiger partial charge in [-0.05, 0) is 55.3 Å². The molecule has 0 unspecified atom stereocenters. The van der Waals surface area contributed by atoms with Crippen LogP contribution < -0.4 is 10.2 Å². The van der Waals surface area contributed by atoms with Crippen molar-refractivity contribution in [2.45, 2.75) is 31.5 Å². The molecule has 13 heteroatoms. The van der Waals surface area contributed by atoms with Gasteiger partial charge >= 0.3 is 6.18 Å². The molecular weight excluding hydrogens is 562 g/mol. The van der Waals surface area contributed by atoms with Crippen molar-refractivity contribution in [2.75, 3.05) is 42.9 Å². The highest BCUT2D eigenvalue weighted by Crippen LogP contribution is 2.32. The lowest BCUT2D eigenvalue weighted by Crippen LogP contribution is -2.49. The lowest BCUT2D eigenvalue weighted by atomic mass is 10.1. The van der Waals surface area contributed by atoms with Crippen molar-refractivity contribution in [3.8, 4) is 0 Å². The Morgan fingerprint density at radius 1 is 1.02 bits per heavy atom. The number of hydrogen-bond acceptors (Lipinski definition) is 6. The second-order valence-electron chi connectivity index (χ2n) is 9.96. The van der Waals surface area contributed by atoms with Crippen LogP contribution in [0.15, 0.2) is 53.9 Å². The number of carbonyl (C=O) groups excluding carboxylic acids is 3. The minimum absolute atomic E-state index is 0.0210. The topological polar surface area (TPSA) is 85.8 Å². The van der Waals surface area contributed by atoms with Crippen LogP contribution in [-0.2, 0) is 22.2 Å². The number of carbonyl (C=O) groups is 3. The molecule has 0 bridgehead atoms. The number of rotatable bonds is 8. The Morgan fingerprint density at radius 2 is 1.73 bits per heavy atom. The van der Waals surface area contributed by atoms with Crippen molar-refractivity contribution in [3.05, 3.63) is 76.5 Å². The fraction of sp³-hybridized carbons (Fsp3) is 0.357. The van der Waals surface area contributed by atoms with Crippen molar-refractivity contribution >= 4 is 39.9 Å². The number of hydrogen-bond donors (Lipinski definition) is 1. The first-order valence-electron chi connectivity index (χ1n) is 13.1. The average molecular weight is 590 g/mol. The first-order valence-corrected chi connectivity index (χ1v) is 14.0. The molecule has 3 aromatic rings. The van der Waals surface area contributed by atoms with E-state index in [1.807, 2.05) is 4.90 Å². The van der Waals surface area contributed by atoms with Gasteiger partial charge in [-0.1, -0.05) is 6.07 Å². The van der Waals surface area contributed by atoms with E-state index in [9.17, 15) is 31.9 Å². The van der Waals surface area contributed by atoms with E-state index in [2.05, 4.69) is 10.3 Å². The number of alkyl halides is 3. The maximum atomic E-state index is 13.2. The molecule has 1 aliphatic heterocycles. The molecule has 3 amide bonds. The van der Waals surface area contributed by atoms with Crippen molar-refractivity contribution < 1.29 is 31.9 Å². The predicted octanol–water partition coefficient (Wildman–Crippen LogP) is 4.44. The molecule has 2 aliphatic rings. The largest absolute Gasteiger partial charge is 0.416 e. The molecule has 1 saturated heterocycles. The van der Waals surface area contributed by atoms with E-state index in [1.165, 1.54) is 46.6 Å². The fourth-order valence-corrected chi connectivity index (χ4v) is 5.36. The van der Waals surface area contributed by atoms with Crippen molar-refractivity contribution in [1.82, 2.24) is 14.8 Å². The van der Waals surface area contributed by atoms with Crippen LogP contribution in [0.2, 0.25) is 0 Å². The Hall–Kier alpha value is -4.00. The number of nitrogens with one attached hydrogen (secondary N) is 1. The molecule has 2 heterocycles. The van der Waals surface area contributed by atoms with E-state index in [4.69, 9.17) is 0 Å². The van der Waals surface area contributed by atoms with E-state index in [0.29, 0.717) is 48.3 Å². The van der Waals surface area contributed by atoms with E-state index >= 15 is 0 Å². The van der Waals surface area contributed by atoms with Gasteiger partial charge in [-0.3, -0.25) is 14.4 Å². The zero-order valence-corrected chi connectivity index (χ0v) is 22.7. The van der Waals surface area contributed by atoms with Gasteiger partial charge in [-0.2, -0.15) is 13.2 Å². The molecule has 1 aliphatic carbocycles. The van der Waals surface area contributed by atoms with Crippen LogP contribution in [0.1, 0.15) is 34.5 Å². The van der Waals surface area contributed by atoms with Gasteiger partial charge in [0.15, 0.2) is 5.13 Å². The Morgan fingerprint density at radius 3 is 2.39 bits per heavy atom. The minimum Gasteiger partial charge on any atom is -0.368 e. The standard InChI is InChI=1S/C28H27F4N5O3S/c29-20-6-4-18(5-7-20)26(40)37(22-8-9-22)16-24(38)34-27-33-21(17-41-27)15-25(39)36-12-10-35(11-13-36)23-3-1-2-19(14-23)28(30,31)32/h1-7,14,17,22H,8-13,15-16H2,(H,33,34,38). The average Bonchev–Trinajstić information content (AvgIpc) is 3.71. The second-order valence-corrected chi connectivity index (χ2v) is 10.8. The van der Waals surface area contributed by atoms with Crippen LogP contribution in [-0.4, -0.2) is 71.3 Å². The first-order chi connectivity index (χ1) is 19.6. The summed E-state index contributed by atoms with van der Waals surface area (Å²) >= 11 is 1.17. The van der Waals surface area contributed by atoms with Crippen LogP contribution in [0.5, 0.6) is 0 Å². The molecule has 0 spiro atoms. The molecule has 2 aromatic carbocycles. The highest BCUT2D eigenvalue weighted by atomic mass is 32.1. The van der Waals surface area contributed by atoms with E-state index in [1.54, 1.807) is 16.3 Å². The Bertz CT molecular complexity index is 1420. The lowest BCUT2D eigenvalue weighted by Gasteiger charge is -2.36. The number of nitrogens with zero attached hydrogens (tertiary/aromatic N) is 4. The van der Waals surface area contributed by atoms with Crippen LogP contribution >= 0.6 is 11.3 Å². The molecule has 5 rings (SSSR count). The van der Waals surface area contributed by atoms with Crippen molar-refractivity contribution in [1.29, 1.82) is 0 Å². The number of amides is 3. The number of aromatic nitrogens is 1. The summed E-state index contributed by atoms with van der Waals surface area (Å²) in [5.74, 6) is -1.39. The smallest absolute Gasteiger partial charge is 0.368 e. The SMILES string of the molecule is O=C(CN(C(=O)c1ccc(F)cc1)C1CC1)Nc1nc(CC(=O)N2CCN(c3cccc(C(F)(F)F)c3)CC2)cs1. The van der Waals surface area contributed by atoms with Crippen molar-refractivity contribution in [3.63, 3.8) is 0 Å². The summed E-state index contributed by atoms with van der Waals surface area (Å²) in [5, 5.41) is 4.66. The molecule has 0 atom stereocenters. The second kappa shape index (κ2) is 11.9. The molecule has 8 nitrogen and oxygen atoms in total. The first kappa shape index (κ1) is 28.5. The van der Waals surface area contributed by atoms with Gasteiger partial charge in [0.25, 0.3) is 5.91 Å². The van der Waals surface area contributed by atoms with Gasteiger partial charge < -0.3 is 20.0 Å². The highest BCUT2D eigenvalue weighted by Gasteiger charge is 2.35. The third-order valence-corrected chi connectivity index (χ3v) is 7.76. The van der Waals surface area contributed by atoms with Crippen LogP contribution in [0.25, 0.3) is 0 Å². The molecular formula is C28H27F4N5O3S.